The largest absolute Gasteiger partial charge is 0.378 e. The summed E-state index contributed by atoms with van der Waals surface area (Å²) in [4.78, 5) is 2.62. The van der Waals surface area contributed by atoms with Crippen molar-refractivity contribution < 1.29 is 4.74 Å². The number of rotatable bonds is 3. The summed E-state index contributed by atoms with van der Waals surface area (Å²) in [6, 6.07) is 1.39. The number of hydrogen-bond donors (Lipinski definition) is 1. The minimum absolute atomic E-state index is 0.694. The van der Waals surface area contributed by atoms with Crippen LogP contribution >= 0.6 is 0 Å². The molecule has 2 rings (SSSR count). The number of piperidine rings is 1. The Morgan fingerprint density at radius 2 is 1.92 bits per heavy atom. The molecule has 2 unspecified atom stereocenters. The molecule has 2 heterocycles. The third kappa shape index (κ3) is 2.03. The molecule has 0 spiro atoms. The monoisotopic (exact) mass is 184 g/mol. The van der Waals surface area contributed by atoms with Crippen molar-refractivity contribution in [2.24, 2.45) is 5.73 Å². The lowest BCUT2D eigenvalue weighted by molar-refractivity contribution is -0.0729. The minimum Gasteiger partial charge on any atom is -0.378 e. The molecule has 3 heteroatoms. The highest BCUT2D eigenvalue weighted by atomic mass is 16.5. The molecule has 2 saturated heterocycles. The second-order valence-corrected chi connectivity index (χ2v) is 4.16. The summed E-state index contributed by atoms with van der Waals surface area (Å²) < 4.78 is 5.57. The molecule has 0 amide bonds. The van der Waals surface area contributed by atoms with Crippen molar-refractivity contribution in [2.45, 2.75) is 37.8 Å². The van der Waals surface area contributed by atoms with Gasteiger partial charge in [0.1, 0.15) is 0 Å². The summed E-state index contributed by atoms with van der Waals surface area (Å²) in [7, 11) is 0. The van der Waals surface area contributed by atoms with E-state index in [0.717, 1.165) is 26.2 Å². The van der Waals surface area contributed by atoms with Crippen LogP contribution in [0.4, 0.5) is 0 Å². The number of nitrogens with two attached hydrogens (primary N) is 1. The molecule has 0 saturated carbocycles. The van der Waals surface area contributed by atoms with E-state index in [1.54, 1.807) is 0 Å². The van der Waals surface area contributed by atoms with E-state index in [1.165, 1.54) is 25.8 Å². The van der Waals surface area contributed by atoms with E-state index in [0.29, 0.717) is 12.1 Å². The number of morpholine rings is 1. The van der Waals surface area contributed by atoms with Crippen molar-refractivity contribution in [3.63, 3.8) is 0 Å². The van der Waals surface area contributed by atoms with Gasteiger partial charge in [-0.05, 0) is 25.8 Å². The quantitative estimate of drug-likeness (QED) is 0.697. The van der Waals surface area contributed by atoms with Crippen LogP contribution in [0.5, 0.6) is 0 Å². The Kier molecular flexibility index (Phi) is 3.19. The molecule has 2 bridgehead atoms. The van der Waals surface area contributed by atoms with Crippen molar-refractivity contribution in [1.29, 1.82) is 0 Å². The van der Waals surface area contributed by atoms with Crippen molar-refractivity contribution in [2.75, 3.05) is 26.3 Å². The summed E-state index contributed by atoms with van der Waals surface area (Å²) in [6.07, 6.45) is 5.16. The number of nitrogens with zero attached hydrogens (tertiary/aromatic N) is 1. The maximum atomic E-state index is 5.57. The molecule has 13 heavy (non-hydrogen) atoms. The first-order chi connectivity index (χ1) is 6.42. The van der Waals surface area contributed by atoms with Crippen LogP contribution in [0.15, 0.2) is 0 Å². The zero-order valence-corrected chi connectivity index (χ0v) is 8.24. The average molecular weight is 184 g/mol. The fraction of sp³-hybridized carbons (Fsp3) is 1.00. The standard InChI is InChI=1S/C10H20N2O/c11-5-2-6-12-9-3-1-4-10(12)8-13-7-9/h9-10H,1-8,11H2. The van der Waals surface area contributed by atoms with Crippen LogP contribution in [0.3, 0.4) is 0 Å². The van der Waals surface area contributed by atoms with E-state index >= 15 is 0 Å². The zero-order valence-electron chi connectivity index (χ0n) is 8.24. The normalized spacial score (nSPS) is 34.8. The van der Waals surface area contributed by atoms with E-state index in [1.807, 2.05) is 0 Å². The van der Waals surface area contributed by atoms with Gasteiger partial charge in [-0.15, -0.1) is 0 Å². The van der Waals surface area contributed by atoms with E-state index in [4.69, 9.17) is 10.5 Å². The molecule has 0 aromatic carbocycles. The lowest BCUT2D eigenvalue weighted by Gasteiger charge is -2.45. The second kappa shape index (κ2) is 4.40. The molecule has 2 N–H and O–H groups in total. The third-order valence-electron chi connectivity index (χ3n) is 3.25. The van der Waals surface area contributed by atoms with Gasteiger partial charge in [-0.25, -0.2) is 0 Å². The molecule has 2 atom stereocenters. The Morgan fingerprint density at radius 3 is 2.54 bits per heavy atom. The van der Waals surface area contributed by atoms with Crippen LogP contribution in [-0.2, 0) is 4.74 Å². The smallest absolute Gasteiger partial charge is 0.0622 e. The van der Waals surface area contributed by atoms with Crippen molar-refractivity contribution in [3.8, 4) is 0 Å². The van der Waals surface area contributed by atoms with Crippen molar-refractivity contribution >= 4 is 0 Å². The highest BCUT2D eigenvalue weighted by Crippen LogP contribution is 2.26. The predicted molar refractivity (Wildman–Crippen MR) is 52.6 cm³/mol. The molecule has 3 nitrogen and oxygen atoms in total. The predicted octanol–water partition coefficient (Wildman–Crippen LogP) is 0.588. The molecular formula is C10H20N2O. The van der Waals surface area contributed by atoms with E-state index in [2.05, 4.69) is 4.90 Å². The number of fused-ring (bicyclic) bond motifs is 2. The Balaban J connectivity index is 1.90. The van der Waals surface area contributed by atoms with Gasteiger partial charge in [0.15, 0.2) is 0 Å². The van der Waals surface area contributed by atoms with Gasteiger partial charge in [0.25, 0.3) is 0 Å². The molecule has 0 aromatic rings. The first-order valence-corrected chi connectivity index (χ1v) is 5.45. The van der Waals surface area contributed by atoms with Crippen LogP contribution in [0.25, 0.3) is 0 Å². The highest BCUT2D eigenvalue weighted by Gasteiger charge is 2.33. The molecule has 2 aliphatic heterocycles. The van der Waals surface area contributed by atoms with E-state index < -0.39 is 0 Å². The SMILES string of the molecule is NCCCN1C2CCCC1COC2. The minimum atomic E-state index is 0.694. The maximum Gasteiger partial charge on any atom is 0.0622 e. The Morgan fingerprint density at radius 1 is 1.23 bits per heavy atom. The van der Waals surface area contributed by atoms with Gasteiger partial charge in [0.05, 0.1) is 13.2 Å². The van der Waals surface area contributed by atoms with Gasteiger partial charge in [0, 0.05) is 18.6 Å². The van der Waals surface area contributed by atoms with Gasteiger partial charge >= 0.3 is 0 Å². The summed E-state index contributed by atoms with van der Waals surface area (Å²) in [5, 5.41) is 0. The Labute approximate surface area is 80.2 Å². The van der Waals surface area contributed by atoms with Gasteiger partial charge in [-0.2, -0.15) is 0 Å². The summed E-state index contributed by atoms with van der Waals surface area (Å²) in [5.41, 5.74) is 5.54. The van der Waals surface area contributed by atoms with Crippen molar-refractivity contribution in [3.05, 3.63) is 0 Å². The van der Waals surface area contributed by atoms with Crippen molar-refractivity contribution in [1.82, 2.24) is 4.90 Å². The zero-order chi connectivity index (χ0) is 9.10. The third-order valence-corrected chi connectivity index (χ3v) is 3.25. The average Bonchev–Trinajstić information content (AvgIpc) is 2.14. The summed E-state index contributed by atoms with van der Waals surface area (Å²) in [6.45, 7) is 3.88. The van der Waals surface area contributed by atoms with Gasteiger partial charge in [0.2, 0.25) is 0 Å². The lowest BCUT2D eigenvalue weighted by atomic mass is 9.94. The summed E-state index contributed by atoms with van der Waals surface area (Å²) >= 11 is 0. The first-order valence-electron chi connectivity index (χ1n) is 5.45. The first kappa shape index (κ1) is 9.44. The molecule has 0 radical (unpaired) electrons. The molecule has 2 fully saturated rings. The molecular weight excluding hydrogens is 164 g/mol. The Bertz CT molecular complexity index is 141. The Hall–Kier alpha value is -0.120. The number of ether oxygens (including phenoxy) is 1. The highest BCUT2D eigenvalue weighted by molar-refractivity contribution is 4.87. The van der Waals surface area contributed by atoms with Crippen LogP contribution in [0.1, 0.15) is 25.7 Å². The molecule has 76 valence electrons. The van der Waals surface area contributed by atoms with Crippen LogP contribution < -0.4 is 5.73 Å². The van der Waals surface area contributed by atoms with Gasteiger partial charge in [-0.1, -0.05) is 6.42 Å². The molecule has 0 aliphatic carbocycles. The van der Waals surface area contributed by atoms with E-state index in [9.17, 15) is 0 Å². The fourth-order valence-electron chi connectivity index (χ4n) is 2.56. The second-order valence-electron chi connectivity index (χ2n) is 4.16. The molecule has 0 aromatic heterocycles. The molecule has 2 aliphatic rings. The maximum absolute atomic E-state index is 5.57. The van der Waals surface area contributed by atoms with Gasteiger partial charge < -0.3 is 10.5 Å². The summed E-state index contributed by atoms with van der Waals surface area (Å²) in [5.74, 6) is 0. The van der Waals surface area contributed by atoms with Crippen LogP contribution in [0, 0.1) is 0 Å². The van der Waals surface area contributed by atoms with E-state index in [-0.39, 0.29) is 0 Å². The lowest BCUT2D eigenvalue weighted by Crippen LogP contribution is -2.55. The fourth-order valence-corrected chi connectivity index (χ4v) is 2.56. The van der Waals surface area contributed by atoms with Gasteiger partial charge in [-0.3, -0.25) is 4.90 Å². The van der Waals surface area contributed by atoms with Crippen LogP contribution in [0.2, 0.25) is 0 Å². The number of hydrogen-bond acceptors (Lipinski definition) is 3. The van der Waals surface area contributed by atoms with Crippen LogP contribution in [-0.4, -0.2) is 43.3 Å². The topological polar surface area (TPSA) is 38.5 Å².